The Labute approximate surface area is 87.7 Å². The Balaban J connectivity index is 2.33. The number of hydrogen-bond acceptors (Lipinski definition) is 2. The second-order valence-corrected chi connectivity index (χ2v) is 4.57. The van der Waals surface area contributed by atoms with Crippen LogP contribution in [0.3, 0.4) is 0 Å². The summed E-state index contributed by atoms with van der Waals surface area (Å²) < 4.78 is 0. The van der Waals surface area contributed by atoms with Crippen LogP contribution in [0.2, 0.25) is 0 Å². The second kappa shape index (κ2) is 6.03. The van der Waals surface area contributed by atoms with E-state index in [1.165, 1.54) is 32.1 Å². The van der Waals surface area contributed by atoms with Crippen LogP contribution in [0.1, 0.15) is 52.4 Å². The molecule has 0 aromatic carbocycles. The molecular formula is C12H22N2. The highest BCUT2D eigenvalue weighted by Gasteiger charge is 2.18. The molecule has 80 valence electrons. The standard InChI is InChI=1S/C12H22N2/c1-3-11(9-13)14-12-6-4-5-10(2)7-8-12/h10-12,14H,3-8H2,1-2H3. The summed E-state index contributed by atoms with van der Waals surface area (Å²) in [5, 5.41) is 12.3. The Morgan fingerprint density at radius 1 is 1.36 bits per heavy atom. The summed E-state index contributed by atoms with van der Waals surface area (Å²) >= 11 is 0. The van der Waals surface area contributed by atoms with Crippen LogP contribution < -0.4 is 5.32 Å². The van der Waals surface area contributed by atoms with Crippen molar-refractivity contribution in [3.05, 3.63) is 0 Å². The lowest BCUT2D eigenvalue weighted by Gasteiger charge is -2.19. The van der Waals surface area contributed by atoms with E-state index >= 15 is 0 Å². The monoisotopic (exact) mass is 194 g/mol. The molecule has 1 aliphatic carbocycles. The van der Waals surface area contributed by atoms with Gasteiger partial charge in [-0.25, -0.2) is 0 Å². The van der Waals surface area contributed by atoms with E-state index in [9.17, 15) is 0 Å². The third-order valence-electron chi connectivity index (χ3n) is 3.26. The van der Waals surface area contributed by atoms with E-state index in [1.807, 2.05) is 0 Å². The van der Waals surface area contributed by atoms with Crippen LogP contribution in [0.15, 0.2) is 0 Å². The van der Waals surface area contributed by atoms with Crippen molar-refractivity contribution >= 4 is 0 Å². The normalized spacial score (nSPS) is 30.4. The van der Waals surface area contributed by atoms with Gasteiger partial charge in [0.05, 0.1) is 12.1 Å². The molecule has 0 radical (unpaired) electrons. The van der Waals surface area contributed by atoms with Crippen molar-refractivity contribution in [3.8, 4) is 6.07 Å². The third-order valence-corrected chi connectivity index (χ3v) is 3.26. The molecular weight excluding hydrogens is 172 g/mol. The maximum absolute atomic E-state index is 8.87. The van der Waals surface area contributed by atoms with E-state index in [-0.39, 0.29) is 6.04 Å². The van der Waals surface area contributed by atoms with Crippen LogP contribution >= 0.6 is 0 Å². The van der Waals surface area contributed by atoms with Crippen LogP contribution in [0.4, 0.5) is 0 Å². The number of nitrogens with one attached hydrogen (secondary N) is 1. The molecule has 3 atom stereocenters. The molecule has 2 nitrogen and oxygen atoms in total. The first-order valence-corrected chi connectivity index (χ1v) is 5.92. The van der Waals surface area contributed by atoms with Gasteiger partial charge in [-0.15, -0.1) is 0 Å². The number of nitrogens with zero attached hydrogens (tertiary/aromatic N) is 1. The zero-order chi connectivity index (χ0) is 10.4. The van der Waals surface area contributed by atoms with Gasteiger partial charge in [-0.2, -0.15) is 5.26 Å². The van der Waals surface area contributed by atoms with E-state index in [0.29, 0.717) is 6.04 Å². The Kier molecular flexibility index (Phi) is 4.97. The summed E-state index contributed by atoms with van der Waals surface area (Å²) in [6.45, 7) is 4.41. The van der Waals surface area contributed by atoms with Gasteiger partial charge in [-0.1, -0.05) is 26.7 Å². The minimum Gasteiger partial charge on any atom is -0.299 e. The van der Waals surface area contributed by atoms with Crippen LogP contribution in [-0.2, 0) is 0 Å². The fourth-order valence-corrected chi connectivity index (χ4v) is 2.18. The summed E-state index contributed by atoms with van der Waals surface area (Å²) in [5.41, 5.74) is 0. The molecule has 0 aliphatic heterocycles. The highest BCUT2D eigenvalue weighted by molar-refractivity contribution is 4.91. The predicted octanol–water partition coefficient (Wildman–Crippen LogP) is 2.85. The predicted molar refractivity (Wildman–Crippen MR) is 58.9 cm³/mol. The summed E-state index contributed by atoms with van der Waals surface area (Å²) in [6.07, 6.45) is 7.42. The van der Waals surface area contributed by atoms with E-state index in [0.717, 1.165) is 12.3 Å². The third kappa shape index (κ3) is 3.67. The average molecular weight is 194 g/mol. The van der Waals surface area contributed by atoms with E-state index in [4.69, 9.17) is 5.26 Å². The van der Waals surface area contributed by atoms with Crippen LogP contribution in [0, 0.1) is 17.2 Å². The van der Waals surface area contributed by atoms with Crippen LogP contribution in [0.25, 0.3) is 0 Å². The lowest BCUT2D eigenvalue weighted by Crippen LogP contribution is -2.36. The fourth-order valence-electron chi connectivity index (χ4n) is 2.18. The molecule has 1 N–H and O–H groups in total. The Bertz CT molecular complexity index is 195. The van der Waals surface area contributed by atoms with Crippen LogP contribution in [0.5, 0.6) is 0 Å². The molecule has 0 spiro atoms. The van der Waals surface area contributed by atoms with Crippen LogP contribution in [-0.4, -0.2) is 12.1 Å². The molecule has 3 unspecified atom stereocenters. The molecule has 14 heavy (non-hydrogen) atoms. The summed E-state index contributed by atoms with van der Waals surface area (Å²) in [6, 6.07) is 2.97. The van der Waals surface area contributed by atoms with Crippen molar-refractivity contribution in [1.29, 1.82) is 5.26 Å². The first-order valence-electron chi connectivity index (χ1n) is 5.92. The van der Waals surface area contributed by atoms with Crippen molar-refractivity contribution in [1.82, 2.24) is 5.32 Å². The van der Waals surface area contributed by atoms with E-state index in [2.05, 4.69) is 25.2 Å². The zero-order valence-corrected chi connectivity index (χ0v) is 9.42. The van der Waals surface area contributed by atoms with Crippen molar-refractivity contribution in [2.45, 2.75) is 64.5 Å². The number of nitriles is 1. The van der Waals surface area contributed by atoms with Gasteiger partial charge in [0, 0.05) is 6.04 Å². The number of rotatable bonds is 3. The van der Waals surface area contributed by atoms with Crippen molar-refractivity contribution < 1.29 is 0 Å². The average Bonchev–Trinajstić information content (AvgIpc) is 2.40. The SMILES string of the molecule is CCC(C#N)NC1CCCC(C)CC1. The molecule has 0 aromatic heterocycles. The fraction of sp³-hybridized carbons (Fsp3) is 0.917. The lowest BCUT2D eigenvalue weighted by atomic mass is 10.0. The van der Waals surface area contributed by atoms with Gasteiger partial charge in [0.2, 0.25) is 0 Å². The van der Waals surface area contributed by atoms with Crippen molar-refractivity contribution in [2.24, 2.45) is 5.92 Å². The summed E-state index contributed by atoms with van der Waals surface area (Å²) in [5.74, 6) is 0.879. The quantitative estimate of drug-likeness (QED) is 0.701. The minimum atomic E-state index is 0.0633. The maximum Gasteiger partial charge on any atom is 0.0952 e. The van der Waals surface area contributed by atoms with Gasteiger partial charge in [0.1, 0.15) is 0 Å². The summed E-state index contributed by atoms with van der Waals surface area (Å²) in [4.78, 5) is 0. The molecule has 0 aromatic rings. The van der Waals surface area contributed by atoms with Gasteiger partial charge < -0.3 is 0 Å². The Morgan fingerprint density at radius 2 is 2.14 bits per heavy atom. The molecule has 2 heteroatoms. The lowest BCUT2D eigenvalue weighted by molar-refractivity contribution is 0.418. The van der Waals surface area contributed by atoms with Gasteiger partial charge >= 0.3 is 0 Å². The molecule has 1 saturated carbocycles. The van der Waals surface area contributed by atoms with Gasteiger partial charge in [-0.05, 0) is 31.6 Å². The molecule has 1 rings (SSSR count). The second-order valence-electron chi connectivity index (χ2n) is 4.57. The maximum atomic E-state index is 8.87. The highest BCUT2D eigenvalue weighted by atomic mass is 14.9. The van der Waals surface area contributed by atoms with Gasteiger partial charge in [0.15, 0.2) is 0 Å². The topological polar surface area (TPSA) is 35.8 Å². The smallest absolute Gasteiger partial charge is 0.0952 e. The van der Waals surface area contributed by atoms with E-state index < -0.39 is 0 Å². The molecule has 1 aliphatic rings. The number of hydrogen-bond donors (Lipinski definition) is 1. The largest absolute Gasteiger partial charge is 0.299 e. The van der Waals surface area contributed by atoms with Crippen molar-refractivity contribution in [3.63, 3.8) is 0 Å². The summed E-state index contributed by atoms with van der Waals surface area (Å²) in [7, 11) is 0. The van der Waals surface area contributed by atoms with Gasteiger partial charge in [0.25, 0.3) is 0 Å². The van der Waals surface area contributed by atoms with Crippen molar-refractivity contribution in [2.75, 3.05) is 0 Å². The first kappa shape index (κ1) is 11.5. The zero-order valence-electron chi connectivity index (χ0n) is 9.42. The van der Waals surface area contributed by atoms with Gasteiger partial charge in [-0.3, -0.25) is 5.32 Å². The Morgan fingerprint density at radius 3 is 2.79 bits per heavy atom. The molecule has 0 heterocycles. The minimum absolute atomic E-state index is 0.0633. The van der Waals surface area contributed by atoms with E-state index in [1.54, 1.807) is 0 Å². The Hall–Kier alpha value is -0.550. The first-order chi connectivity index (χ1) is 6.76. The molecule has 1 fully saturated rings. The molecule has 0 amide bonds. The molecule has 0 bridgehead atoms. The highest BCUT2D eigenvalue weighted by Crippen LogP contribution is 2.22. The molecule has 0 saturated heterocycles.